The zero-order valence-corrected chi connectivity index (χ0v) is 10.4. The highest BCUT2D eigenvalue weighted by Gasteiger charge is 2.23. The van der Waals surface area contributed by atoms with E-state index in [2.05, 4.69) is 20.5 Å². The van der Waals surface area contributed by atoms with Crippen LogP contribution in [0.25, 0.3) is 0 Å². The van der Waals surface area contributed by atoms with E-state index in [-0.39, 0.29) is 6.54 Å². The maximum absolute atomic E-state index is 11.4. The Balaban J connectivity index is 2.62. The zero-order valence-electron chi connectivity index (χ0n) is 10.4. The number of carbonyl (C=O) groups is 3. The van der Waals surface area contributed by atoms with Gasteiger partial charge in [-0.2, -0.15) is 5.10 Å². The van der Waals surface area contributed by atoms with E-state index >= 15 is 0 Å². The number of hydrogen-bond donors (Lipinski definition) is 3. The molecule has 0 spiro atoms. The Morgan fingerprint density at radius 1 is 1.53 bits per heavy atom. The molecule has 1 aromatic heterocycles. The van der Waals surface area contributed by atoms with Crippen molar-refractivity contribution in [2.24, 2.45) is 7.05 Å². The Bertz CT molecular complexity index is 484. The number of amides is 2. The lowest BCUT2D eigenvalue weighted by atomic mass is 10.1. The molecule has 0 aliphatic carbocycles. The van der Waals surface area contributed by atoms with Gasteiger partial charge >= 0.3 is 18.0 Å². The number of urea groups is 1. The summed E-state index contributed by atoms with van der Waals surface area (Å²) in [6.45, 7) is -0.346. The summed E-state index contributed by atoms with van der Waals surface area (Å²) in [5, 5.41) is 17.3. The van der Waals surface area contributed by atoms with Gasteiger partial charge in [-0.25, -0.2) is 9.59 Å². The fourth-order valence-corrected chi connectivity index (χ4v) is 1.28. The fraction of sp³-hybridized carbons (Fsp3) is 0.400. The predicted octanol–water partition coefficient (Wildman–Crippen LogP) is -0.982. The first-order valence-corrected chi connectivity index (χ1v) is 5.26. The molecule has 0 bridgehead atoms. The molecule has 0 radical (unpaired) electrons. The number of nitrogens with one attached hydrogen (secondary N) is 2. The average molecular weight is 270 g/mol. The average Bonchev–Trinajstić information content (AvgIpc) is 2.78. The van der Waals surface area contributed by atoms with Gasteiger partial charge in [0.05, 0.1) is 13.3 Å². The van der Waals surface area contributed by atoms with Gasteiger partial charge in [0.25, 0.3) is 0 Å². The van der Waals surface area contributed by atoms with Crippen molar-refractivity contribution in [2.75, 3.05) is 13.7 Å². The lowest BCUT2D eigenvalue weighted by molar-refractivity contribution is -0.139. The van der Waals surface area contributed by atoms with E-state index in [1.807, 2.05) is 0 Å². The van der Waals surface area contributed by atoms with Gasteiger partial charge in [0.15, 0.2) is 6.04 Å². The van der Waals surface area contributed by atoms with Gasteiger partial charge in [-0.15, -0.1) is 0 Å². The first kappa shape index (κ1) is 14.5. The van der Waals surface area contributed by atoms with Gasteiger partial charge < -0.3 is 20.5 Å². The van der Waals surface area contributed by atoms with Crippen LogP contribution < -0.4 is 10.6 Å². The molecular weight excluding hydrogens is 256 g/mol. The van der Waals surface area contributed by atoms with E-state index in [0.717, 1.165) is 0 Å². The fourth-order valence-electron chi connectivity index (χ4n) is 1.28. The summed E-state index contributed by atoms with van der Waals surface area (Å²) < 4.78 is 5.75. The number of esters is 1. The molecule has 0 aliphatic rings. The molecule has 3 N–H and O–H groups in total. The zero-order chi connectivity index (χ0) is 14.4. The summed E-state index contributed by atoms with van der Waals surface area (Å²) >= 11 is 0. The summed E-state index contributed by atoms with van der Waals surface area (Å²) in [6.07, 6.45) is 2.80. The highest BCUT2D eigenvalue weighted by Crippen LogP contribution is 2.11. The molecule has 0 aromatic carbocycles. The second-order valence-corrected chi connectivity index (χ2v) is 3.62. The number of carbonyl (C=O) groups excluding carboxylic acids is 2. The van der Waals surface area contributed by atoms with Gasteiger partial charge in [-0.1, -0.05) is 0 Å². The summed E-state index contributed by atoms with van der Waals surface area (Å²) in [4.78, 5) is 33.3. The number of methoxy groups -OCH3 is 1. The predicted molar refractivity (Wildman–Crippen MR) is 62.1 cm³/mol. The third-order valence-corrected chi connectivity index (χ3v) is 2.20. The number of aliphatic carboxylic acids is 1. The van der Waals surface area contributed by atoms with E-state index in [0.29, 0.717) is 5.56 Å². The summed E-state index contributed by atoms with van der Waals surface area (Å²) in [6, 6.07) is -2.03. The maximum Gasteiger partial charge on any atom is 0.331 e. The molecule has 1 heterocycles. The highest BCUT2D eigenvalue weighted by atomic mass is 16.5. The highest BCUT2D eigenvalue weighted by molar-refractivity contribution is 5.85. The van der Waals surface area contributed by atoms with Crippen LogP contribution in [0.1, 0.15) is 11.6 Å². The van der Waals surface area contributed by atoms with Gasteiger partial charge in [0, 0.05) is 18.8 Å². The van der Waals surface area contributed by atoms with Crippen LogP contribution in [-0.4, -0.2) is 46.5 Å². The molecule has 2 amide bonds. The molecular formula is C10H14N4O5. The molecule has 9 heteroatoms. The molecule has 1 aromatic rings. The SMILES string of the molecule is COC(=O)CNC(=O)NC(C(=O)O)c1cnn(C)c1. The molecule has 104 valence electrons. The smallest absolute Gasteiger partial charge is 0.331 e. The van der Waals surface area contributed by atoms with Crippen molar-refractivity contribution < 1.29 is 24.2 Å². The monoisotopic (exact) mass is 270 g/mol. The summed E-state index contributed by atoms with van der Waals surface area (Å²) in [5.74, 6) is -1.87. The number of hydrogen-bond acceptors (Lipinski definition) is 5. The quantitative estimate of drug-likeness (QED) is 0.591. The number of aryl methyl sites for hydroxylation is 1. The molecule has 9 nitrogen and oxygen atoms in total. The van der Waals surface area contributed by atoms with Crippen LogP contribution in [0.2, 0.25) is 0 Å². The number of aromatic nitrogens is 2. The first-order chi connectivity index (χ1) is 8.93. The number of nitrogens with zero attached hydrogens (tertiary/aromatic N) is 2. The lowest BCUT2D eigenvalue weighted by Gasteiger charge is -2.13. The standard InChI is InChI=1S/C10H14N4O5/c1-14-5-6(3-12-14)8(9(16)17)13-10(18)11-4-7(15)19-2/h3,5,8H,4H2,1-2H3,(H,16,17)(H2,11,13,18). The number of carboxylic acid groups (broad SMARTS) is 1. The molecule has 0 fully saturated rings. The van der Waals surface area contributed by atoms with Gasteiger partial charge in [-0.3, -0.25) is 9.48 Å². The normalized spacial score (nSPS) is 11.5. The topological polar surface area (TPSA) is 123 Å². The van der Waals surface area contributed by atoms with E-state index in [1.54, 1.807) is 7.05 Å². The maximum atomic E-state index is 11.4. The molecule has 19 heavy (non-hydrogen) atoms. The molecule has 1 atom stereocenters. The Labute approximate surface area is 108 Å². The molecule has 1 rings (SSSR count). The lowest BCUT2D eigenvalue weighted by Crippen LogP contribution is -2.42. The second-order valence-electron chi connectivity index (χ2n) is 3.62. The third-order valence-electron chi connectivity index (χ3n) is 2.20. The second kappa shape index (κ2) is 6.38. The Morgan fingerprint density at radius 3 is 2.68 bits per heavy atom. The van der Waals surface area contributed by atoms with Gasteiger partial charge in [0.2, 0.25) is 0 Å². The number of rotatable bonds is 5. The largest absolute Gasteiger partial charge is 0.479 e. The van der Waals surface area contributed by atoms with Gasteiger partial charge in [-0.05, 0) is 0 Å². The minimum absolute atomic E-state index is 0.322. The van der Waals surface area contributed by atoms with Crippen molar-refractivity contribution in [3.8, 4) is 0 Å². The molecule has 0 saturated heterocycles. The molecule has 1 unspecified atom stereocenters. The minimum atomic E-state index is -1.24. The molecule has 0 saturated carbocycles. The van der Waals surface area contributed by atoms with Crippen LogP contribution in [-0.2, 0) is 21.4 Å². The van der Waals surface area contributed by atoms with Crippen molar-refractivity contribution >= 4 is 18.0 Å². The van der Waals surface area contributed by atoms with Crippen LogP contribution >= 0.6 is 0 Å². The van der Waals surface area contributed by atoms with E-state index in [4.69, 9.17) is 5.11 Å². The van der Waals surface area contributed by atoms with Crippen molar-refractivity contribution in [1.82, 2.24) is 20.4 Å². The number of carboxylic acids is 1. The molecule has 0 aliphatic heterocycles. The van der Waals surface area contributed by atoms with E-state index in [9.17, 15) is 14.4 Å². The van der Waals surface area contributed by atoms with Crippen molar-refractivity contribution in [3.63, 3.8) is 0 Å². The van der Waals surface area contributed by atoms with Crippen molar-refractivity contribution in [1.29, 1.82) is 0 Å². The van der Waals surface area contributed by atoms with Crippen LogP contribution in [0.4, 0.5) is 4.79 Å². The first-order valence-electron chi connectivity index (χ1n) is 5.26. The Hall–Kier alpha value is -2.58. The van der Waals surface area contributed by atoms with E-state index < -0.39 is 24.0 Å². The van der Waals surface area contributed by atoms with Crippen molar-refractivity contribution in [3.05, 3.63) is 18.0 Å². The minimum Gasteiger partial charge on any atom is -0.479 e. The summed E-state index contributed by atoms with van der Waals surface area (Å²) in [5.41, 5.74) is 0.322. The Morgan fingerprint density at radius 2 is 2.21 bits per heavy atom. The van der Waals surface area contributed by atoms with Crippen molar-refractivity contribution in [2.45, 2.75) is 6.04 Å². The van der Waals surface area contributed by atoms with Crippen LogP contribution in [0.3, 0.4) is 0 Å². The van der Waals surface area contributed by atoms with E-state index in [1.165, 1.54) is 24.2 Å². The third kappa shape index (κ3) is 4.30. The van der Waals surface area contributed by atoms with Crippen LogP contribution in [0.5, 0.6) is 0 Å². The van der Waals surface area contributed by atoms with Gasteiger partial charge in [0.1, 0.15) is 6.54 Å². The van der Waals surface area contributed by atoms with Crippen LogP contribution in [0.15, 0.2) is 12.4 Å². The Kier molecular flexibility index (Phi) is 4.86. The number of ether oxygens (including phenoxy) is 1. The van der Waals surface area contributed by atoms with Crippen LogP contribution in [0, 0.1) is 0 Å². The summed E-state index contributed by atoms with van der Waals surface area (Å²) in [7, 11) is 2.80.